The molecule has 2 aromatic carbocycles. The highest BCUT2D eigenvalue weighted by Gasteiger charge is 2.31. The van der Waals surface area contributed by atoms with Crippen molar-refractivity contribution in [3.8, 4) is 0 Å². The third-order valence-electron chi connectivity index (χ3n) is 5.02. The van der Waals surface area contributed by atoms with Gasteiger partial charge < -0.3 is 5.32 Å². The second-order valence-corrected chi connectivity index (χ2v) is 8.55. The lowest BCUT2D eigenvalue weighted by atomic mass is 9.90. The van der Waals surface area contributed by atoms with E-state index >= 15 is 0 Å². The van der Waals surface area contributed by atoms with Crippen molar-refractivity contribution in [3.63, 3.8) is 0 Å². The van der Waals surface area contributed by atoms with E-state index in [0.717, 1.165) is 24.9 Å². The van der Waals surface area contributed by atoms with E-state index in [0.29, 0.717) is 5.56 Å². The van der Waals surface area contributed by atoms with Gasteiger partial charge >= 0.3 is 0 Å². The minimum atomic E-state index is -3.61. The first-order chi connectivity index (χ1) is 13.0. The molecule has 1 aliphatic carbocycles. The van der Waals surface area contributed by atoms with E-state index < -0.39 is 16.1 Å². The van der Waals surface area contributed by atoms with Crippen molar-refractivity contribution >= 4 is 27.5 Å². The molecule has 27 heavy (non-hydrogen) atoms. The number of hydrogen-bond donors (Lipinski definition) is 2. The number of aryl methyl sites for hydroxylation is 1. The van der Waals surface area contributed by atoms with Crippen molar-refractivity contribution in [3.05, 3.63) is 59.2 Å². The van der Waals surface area contributed by atoms with Gasteiger partial charge in [-0.15, -0.1) is 0 Å². The topological polar surface area (TPSA) is 87.6 Å². The van der Waals surface area contributed by atoms with Crippen LogP contribution < -0.4 is 10.0 Å². The van der Waals surface area contributed by atoms with Gasteiger partial charge in [0.2, 0.25) is 5.91 Å². The van der Waals surface area contributed by atoms with Crippen LogP contribution in [0.4, 0.5) is 5.69 Å². The van der Waals surface area contributed by atoms with Crippen LogP contribution in [0.1, 0.15) is 36.5 Å². The average Bonchev–Trinajstić information content (AvgIpc) is 2.92. The molecule has 2 aliphatic rings. The number of benzene rings is 2. The number of nitrogens with zero attached hydrogens (tertiary/aromatic N) is 1. The fourth-order valence-corrected chi connectivity index (χ4v) is 4.86. The van der Waals surface area contributed by atoms with Crippen LogP contribution in [0.15, 0.2) is 52.4 Å². The van der Waals surface area contributed by atoms with Crippen molar-refractivity contribution in [1.82, 2.24) is 4.72 Å². The van der Waals surface area contributed by atoms with E-state index in [1.165, 1.54) is 23.6 Å². The first-order valence-electron chi connectivity index (χ1n) is 9.07. The largest absolute Gasteiger partial charge is 0.324 e. The Bertz CT molecular complexity index is 1040. The molecule has 0 saturated carbocycles. The maximum absolute atomic E-state index is 12.7. The number of carbonyl (C=O) groups excluding carboxylic acids is 1. The molecule has 0 saturated heterocycles. The molecule has 1 amide bonds. The fourth-order valence-electron chi connectivity index (χ4n) is 3.62. The number of amidine groups is 1. The number of rotatable bonds is 3. The fraction of sp³-hybridized carbons (Fsp3) is 0.300. The van der Waals surface area contributed by atoms with Gasteiger partial charge in [-0.1, -0.05) is 24.3 Å². The molecular weight excluding hydrogens is 362 g/mol. The van der Waals surface area contributed by atoms with Crippen LogP contribution in [0.2, 0.25) is 0 Å². The van der Waals surface area contributed by atoms with Gasteiger partial charge in [0, 0.05) is 11.3 Å². The SMILES string of the molecule is C[C@@H](N=C1NS(=O)(=O)c2ccccc21)C(=O)Nc1cccc2c1CCCC2. The van der Waals surface area contributed by atoms with Gasteiger partial charge in [-0.2, -0.15) is 0 Å². The molecule has 0 fully saturated rings. The summed E-state index contributed by atoms with van der Waals surface area (Å²) in [5.41, 5.74) is 3.81. The van der Waals surface area contributed by atoms with Gasteiger partial charge in [0.05, 0.1) is 4.90 Å². The van der Waals surface area contributed by atoms with Crippen molar-refractivity contribution in [2.45, 2.75) is 43.5 Å². The summed E-state index contributed by atoms with van der Waals surface area (Å²) in [7, 11) is -3.61. The summed E-state index contributed by atoms with van der Waals surface area (Å²) >= 11 is 0. The Balaban J connectivity index is 1.57. The Hall–Kier alpha value is -2.67. The van der Waals surface area contributed by atoms with E-state index in [-0.39, 0.29) is 16.6 Å². The molecule has 0 radical (unpaired) electrons. The molecule has 0 spiro atoms. The zero-order valence-corrected chi connectivity index (χ0v) is 15.8. The Labute approximate surface area is 158 Å². The highest BCUT2D eigenvalue weighted by Crippen LogP contribution is 2.28. The van der Waals surface area contributed by atoms with E-state index in [1.807, 2.05) is 12.1 Å². The Kier molecular flexibility index (Phi) is 4.47. The van der Waals surface area contributed by atoms with Crippen LogP contribution in [0, 0.1) is 0 Å². The normalized spacial score (nSPS) is 19.7. The first-order valence-corrected chi connectivity index (χ1v) is 10.6. The predicted molar refractivity (Wildman–Crippen MR) is 104 cm³/mol. The second kappa shape index (κ2) is 6.81. The molecule has 2 N–H and O–H groups in total. The smallest absolute Gasteiger partial charge is 0.263 e. The number of nitrogens with one attached hydrogen (secondary N) is 2. The second-order valence-electron chi connectivity index (χ2n) is 6.89. The van der Waals surface area contributed by atoms with Crippen LogP contribution in [0.3, 0.4) is 0 Å². The van der Waals surface area contributed by atoms with E-state index in [1.54, 1.807) is 25.1 Å². The van der Waals surface area contributed by atoms with Gasteiger partial charge in [0.1, 0.15) is 11.9 Å². The lowest BCUT2D eigenvalue weighted by Gasteiger charge is -2.20. The highest BCUT2D eigenvalue weighted by atomic mass is 32.2. The number of amides is 1. The van der Waals surface area contributed by atoms with Crippen LogP contribution >= 0.6 is 0 Å². The quantitative estimate of drug-likeness (QED) is 0.854. The van der Waals surface area contributed by atoms with E-state index in [2.05, 4.69) is 21.1 Å². The number of anilines is 1. The molecule has 6 nitrogen and oxygen atoms in total. The molecule has 1 aliphatic heterocycles. The zero-order valence-electron chi connectivity index (χ0n) is 15.0. The molecule has 4 rings (SSSR count). The molecule has 0 bridgehead atoms. The summed E-state index contributed by atoms with van der Waals surface area (Å²) in [6.07, 6.45) is 4.29. The van der Waals surface area contributed by atoms with Gasteiger partial charge in [0.25, 0.3) is 10.0 Å². The lowest BCUT2D eigenvalue weighted by Crippen LogP contribution is -2.29. The van der Waals surface area contributed by atoms with Gasteiger partial charge in [-0.05, 0) is 61.9 Å². The third kappa shape index (κ3) is 3.35. The number of aliphatic imine (C=N–C) groups is 1. The maximum Gasteiger partial charge on any atom is 0.263 e. The van der Waals surface area contributed by atoms with Crippen LogP contribution in [0.5, 0.6) is 0 Å². The van der Waals surface area contributed by atoms with Crippen molar-refractivity contribution < 1.29 is 13.2 Å². The molecule has 0 unspecified atom stereocenters. The molecular formula is C20H21N3O3S. The predicted octanol–water partition coefficient (Wildman–Crippen LogP) is 2.63. The van der Waals surface area contributed by atoms with E-state index in [4.69, 9.17) is 0 Å². The number of fused-ring (bicyclic) bond motifs is 2. The lowest BCUT2D eigenvalue weighted by molar-refractivity contribution is -0.117. The summed E-state index contributed by atoms with van der Waals surface area (Å²) < 4.78 is 26.8. The number of carbonyl (C=O) groups is 1. The van der Waals surface area contributed by atoms with Gasteiger partial charge in [-0.25, -0.2) is 8.42 Å². The average molecular weight is 383 g/mol. The minimum Gasteiger partial charge on any atom is -0.324 e. The molecule has 1 atom stereocenters. The Morgan fingerprint density at radius 1 is 1.11 bits per heavy atom. The highest BCUT2D eigenvalue weighted by molar-refractivity contribution is 7.90. The summed E-state index contributed by atoms with van der Waals surface area (Å²) in [6.45, 7) is 1.66. The van der Waals surface area contributed by atoms with Crippen LogP contribution in [-0.4, -0.2) is 26.2 Å². The molecule has 2 aromatic rings. The van der Waals surface area contributed by atoms with Crippen molar-refractivity contribution in [2.75, 3.05) is 5.32 Å². The molecule has 140 valence electrons. The minimum absolute atomic E-state index is 0.188. The molecule has 1 heterocycles. The monoisotopic (exact) mass is 383 g/mol. The Morgan fingerprint density at radius 2 is 1.89 bits per heavy atom. The summed E-state index contributed by atoms with van der Waals surface area (Å²) in [6, 6.07) is 11.9. The maximum atomic E-state index is 12.7. The number of hydrogen-bond acceptors (Lipinski definition) is 4. The van der Waals surface area contributed by atoms with Crippen molar-refractivity contribution in [2.24, 2.45) is 4.99 Å². The van der Waals surface area contributed by atoms with Gasteiger partial charge in [-0.3, -0.25) is 14.5 Å². The van der Waals surface area contributed by atoms with Crippen LogP contribution in [0.25, 0.3) is 0 Å². The van der Waals surface area contributed by atoms with E-state index in [9.17, 15) is 13.2 Å². The zero-order chi connectivity index (χ0) is 19.0. The standard InChI is InChI=1S/C20H21N3O3S/c1-13(21-19-16-10-4-5-12-18(16)27(25,26)23-19)20(24)22-17-11-6-8-14-7-2-3-9-15(14)17/h4-6,8,10-13H,2-3,7,9H2,1H3,(H,21,23)(H,22,24)/t13-/m1/s1. The first kappa shape index (κ1) is 17.7. The van der Waals surface area contributed by atoms with Crippen molar-refractivity contribution in [1.29, 1.82) is 0 Å². The summed E-state index contributed by atoms with van der Waals surface area (Å²) in [5.74, 6) is -0.0478. The molecule has 7 heteroatoms. The van der Waals surface area contributed by atoms with Gasteiger partial charge in [0.15, 0.2) is 0 Å². The number of sulfonamides is 1. The summed E-state index contributed by atoms with van der Waals surface area (Å²) in [4.78, 5) is 17.2. The summed E-state index contributed by atoms with van der Waals surface area (Å²) in [5, 5.41) is 2.97. The molecule has 0 aromatic heterocycles. The third-order valence-corrected chi connectivity index (χ3v) is 6.42. The van der Waals surface area contributed by atoms with Crippen LogP contribution in [-0.2, 0) is 27.7 Å². The Morgan fingerprint density at radius 3 is 2.74 bits per heavy atom.